The Labute approximate surface area is 90.3 Å². The van der Waals surface area contributed by atoms with Crippen molar-refractivity contribution >= 4 is 17.3 Å². The van der Waals surface area contributed by atoms with Crippen LogP contribution in [-0.2, 0) is 0 Å². The molecule has 4 nitrogen and oxygen atoms in total. The van der Waals surface area contributed by atoms with Crippen LogP contribution in [0.1, 0.15) is 15.2 Å². The molecule has 0 bridgehead atoms. The van der Waals surface area contributed by atoms with Crippen molar-refractivity contribution < 1.29 is 9.90 Å². The van der Waals surface area contributed by atoms with Crippen LogP contribution in [0.5, 0.6) is 0 Å². The minimum atomic E-state index is -0.897. The molecule has 15 heavy (non-hydrogen) atoms. The molecule has 0 atom stereocenters. The van der Waals surface area contributed by atoms with Crippen LogP contribution in [0.3, 0.4) is 0 Å². The zero-order chi connectivity index (χ0) is 10.8. The SMILES string of the molecule is Cc1cc(C(=O)O)sc1-c1cncnc1. The monoisotopic (exact) mass is 220 g/mol. The van der Waals surface area contributed by atoms with Crippen molar-refractivity contribution in [1.29, 1.82) is 0 Å². The Bertz CT molecular complexity index is 493. The number of carbonyl (C=O) groups is 1. The zero-order valence-corrected chi connectivity index (χ0v) is 8.78. The van der Waals surface area contributed by atoms with Gasteiger partial charge in [-0.25, -0.2) is 14.8 Å². The highest BCUT2D eigenvalue weighted by atomic mass is 32.1. The minimum absolute atomic E-state index is 0.339. The number of aromatic carboxylic acids is 1. The summed E-state index contributed by atoms with van der Waals surface area (Å²) in [6.45, 7) is 1.88. The Balaban J connectivity index is 2.50. The van der Waals surface area contributed by atoms with Crippen molar-refractivity contribution in [1.82, 2.24) is 9.97 Å². The number of carboxylic acid groups (broad SMARTS) is 1. The fourth-order valence-electron chi connectivity index (χ4n) is 1.29. The summed E-state index contributed by atoms with van der Waals surface area (Å²) in [5, 5.41) is 8.85. The average molecular weight is 220 g/mol. The molecule has 0 unspecified atom stereocenters. The zero-order valence-electron chi connectivity index (χ0n) is 7.97. The van der Waals surface area contributed by atoms with Crippen LogP contribution in [0, 0.1) is 6.92 Å². The Hall–Kier alpha value is -1.75. The summed E-state index contributed by atoms with van der Waals surface area (Å²) >= 11 is 1.24. The Kier molecular flexibility index (Phi) is 2.47. The Morgan fingerprint density at radius 2 is 2.07 bits per heavy atom. The number of rotatable bonds is 2. The van der Waals surface area contributed by atoms with E-state index in [1.165, 1.54) is 17.7 Å². The van der Waals surface area contributed by atoms with Gasteiger partial charge in [0.2, 0.25) is 0 Å². The number of aryl methyl sites for hydroxylation is 1. The number of hydrogen-bond donors (Lipinski definition) is 1. The van der Waals surface area contributed by atoms with E-state index in [1.807, 2.05) is 6.92 Å². The van der Waals surface area contributed by atoms with E-state index < -0.39 is 5.97 Å². The van der Waals surface area contributed by atoms with Crippen molar-refractivity contribution in [2.45, 2.75) is 6.92 Å². The van der Waals surface area contributed by atoms with Gasteiger partial charge in [0, 0.05) is 22.8 Å². The summed E-state index contributed by atoms with van der Waals surface area (Å²) in [4.78, 5) is 19.8. The first-order valence-electron chi connectivity index (χ1n) is 4.27. The lowest BCUT2D eigenvalue weighted by molar-refractivity contribution is 0.0702. The minimum Gasteiger partial charge on any atom is -0.477 e. The maximum absolute atomic E-state index is 10.8. The van der Waals surface area contributed by atoms with Gasteiger partial charge in [0.05, 0.1) is 0 Å². The van der Waals surface area contributed by atoms with Gasteiger partial charge in [-0.2, -0.15) is 0 Å². The molecular formula is C10H8N2O2S. The third-order valence-electron chi connectivity index (χ3n) is 1.95. The molecule has 2 aromatic heterocycles. The van der Waals surface area contributed by atoms with Gasteiger partial charge in [0.25, 0.3) is 0 Å². The molecule has 2 aromatic rings. The van der Waals surface area contributed by atoms with Gasteiger partial charge in [-0.15, -0.1) is 11.3 Å². The summed E-state index contributed by atoms with van der Waals surface area (Å²) in [5.74, 6) is -0.897. The molecule has 2 heterocycles. The third kappa shape index (κ3) is 1.87. The number of carboxylic acids is 1. The lowest BCUT2D eigenvalue weighted by atomic mass is 10.2. The van der Waals surface area contributed by atoms with Crippen LogP contribution < -0.4 is 0 Å². The van der Waals surface area contributed by atoms with Crippen molar-refractivity contribution in [3.8, 4) is 10.4 Å². The normalized spacial score (nSPS) is 10.2. The first kappa shape index (κ1) is 9.79. The van der Waals surface area contributed by atoms with Crippen LogP contribution in [0.15, 0.2) is 24.8 Å². The van der Waals surface area contributed by atoms with Gasteiger partial charge >= 0.3 is 5.97 Å². The van der Waals surface area contributed by atoms with Crippen molar-refractivity contribution in [2.75, 3.05) is 0 Å². The van der Waals surface area contributed by atoms with Gasteiger partial charge in [-0.05, 0) is 18.6 Å². The quantitative estimate of drug-likeness (QED) is 0.842. The average Bonchev–Trinajstić information content (AvgIpc) is 2.62. The Morgan fingerprint density at radius 1 is 1.40 bits per heavy atom. The summed E-state index contributed by atoms with van der Waals surface area (Å²) < 4.78 is 0. The molecule has 0 aliphatic carbocycles. The molecule has 0 aromatic carbocycles. The predicted molar refractivity (Wildman–Crippen MR) is 57.0 cm³/mol. The molecule has 1 N–H and O–H groups in total. The van der Waals surface area contributed by atoms with Crippen molar-refractivity contribution in [2.24, 2.45) is 0 Å². The van der Waals surface area contributed by atoms with Crippen LogP contribution in [0.2, 0.25) is 0 Å². The van der Waals surface area contributed by atoms with Crippen LogP contribution in [0.25, 0.3) is 10.4 Å². The molecule has 0 aliphatic rings. The van der Waals surface area contributed by atoms with E-state index in [0.717, 1.165) is 16.0 Å². The molecule has 0 fully saturated rings. The highest BCUT2D eigenvalue weighted by Crippen LogP contribution is 2.31. The molecule has 5 heteroatoms. The lowest BCUT2D eigenvalue weighted by Crippen LogP contribution is -1.89. The lowest BCUT2D eigenvalue weighted by Gasteiger charge is -1.96. The molecular weight excluding hydrogens is 212 g/mol. The van der Waals surface area contributed by atoms with E-state index in [2.05, 4.69) is 9.97 Å². The molecule has 0 aliphatic heterocycles. The molecule has 0 spiro atoms. The highest BCUT2D eigenvalue weighted by Gasteiger charge is 2.12. The smallest absolute Gasteiger partial charge is 0.345 e. The number of aromatic nitrogens is 2. The Morgan fingerprint density at radius 3 is 2.60 bits per heavy atom. The number of thiophene rings is 1. The third-order valence-corrected chi connectivity index (χ3v) is 3.23. The molecule has 0 saturated heterocycles. The van der Waals surface area contributed by atoms with Gasteiger partial charge in [-0.3, -0.25) is 0 Å². The van der Waals surface area contributed by atoms with Gasteiger partial charge < -0.3 is 5.11 Å². The molecule has 76 valence electrons. The van der Waals surface area contributed by atoms with E-state index in [1.54, 1.807) is 18.5 Å². The van der Waals surface area contributed by atoms with E-state index in [-0.39, 0.29) is 0 Å². The second-order valence-electron chi connectivity index (χ2n) is 3.06. The number of hydrogen-bond acceptors (Lipinski definition) is 4. The van der Waals surface area contributed by atoms with Crippen molar-refractivity contribution in [3.05, 3.63) is 35.2 Å². The van der Waals surface area contributed by atoms with E-state index in [9.17, 15) is 4.79 Å². The topological polar surface area (TPSA) is 63.1 Å². The fourth-order valence-corrected chi connectivity index (χ4v) is 2.28. The van der Waals surface area contributed by atoms with E-state index >= 15 is 0 Å². The second kappa shape index (κ2) is 3.78. The largest absolute Gasteiger partial charge is 0.477 e. The predicted octanol–water partition coefficient (Wildman–Crippen LogP) is 2.21. The first-order chi connectivity index (χ1) is 7.18. The summed E-state index contributed by atoms with van der Waals surface area (Å²) in [6.07, 6.45) is 4.81. The summed E-state index contributed by atoms with van der Waals surface area (Å²) in [7, 11) is 0. The van der Waals surface area contributed by atoms with Crippen molar-refractivity contribution in [3.63, 3.8) is 0 Å². The summed E-state index contributed by atoms with van der Waals surface area (Å²) in [5.41, 5.74) is 1.79. The van der Waals surface area contributed by atoms with Crippen LogP contribution in [-0.4, -0.2) is 21.0 Å². The fraction of sp³-hybridized carbons (Fsp3) is 0.100. The van der Waals surface area contributed by atoms with E-state index in [4.69, 9.17) is 5.11 Å². The van der Waals surface area contributed by atoms with Gasteiger partial charge in [0.15, 0.2) is 0 Å². The standard InChI is InChI=1S/C10H8N2O2S/c1-6-2-8(10(13)14)15-9(6)7-3-11-5-12-4-7/h2-5H,1H3,(H,13,14). The summed E-state index contributed by atoms with van der Waals surface area (Å²) in [6, 6.07) is 1.66. The van der Waals surface area contributed by atoms with Gasteiger partial charge in [0.1, 0.15) is 11.2 Å². The highest BCUT2D eigenvalue weighted by molar-refractivity contribution is 7.17. The molecule has 0 radical (unpaired) electrons. The van der Waals surface area contributed by atoms with E-state index in [0.29, 0.717) is 4.88 Å². The van der Waals surface area contributed by atoms with Gasteiger partial charge in [-0.1, -0.05) is 0 Å². The second-order valence-corrected chi connectivity index (χ2v) is 4.11. The maximum atomic E-state index is 10.8. The molecule has 0 amide bonds. The maximum Gasteiger partial charge on any atom is 0.345 e. The number of nitrogens with zero attached hydrogens (tertiary/aromatic N) is 2. The first-order valence-corrected chi connectivity index (χ1v) is 5.09. The molecule has 0 saturated carbocycles. The molecule has 2 rings (SSSR count). The van der Waals surface area contributed by atoms with Crippen LogP contribution in [0.4, 0.5) is 0 Å². The van der Waals surface area contributed by atoms with Crippen LogP contribution >= 0.6 is 11.3 Å².